The second-order valence-electron chi connectivity index (χ2n) is 3.22. The maximum absolute atomic E-state index is 6.14. The highest BCUT2D eigenvalue weighted by molar-refractivity contribution is 7.16. The molecule has 1 atom stereocenters. The predicted octanol–water partition coefficient (Wildman–Crippen LogP) is 2.85. The van der Waals surface area contributed by atoms with Crippen LogP contribution in [0.5, 0.6) is 5.88 Å². The average molecular weight is 255 g/mol. The molecule has 0 aliphatic rings. The van der Waals surface area contributed by atoms with Gasteiger partial charge in [0.1, 0.15) is 0 Å². The number of ether oxygens (including phenoxy) is 1. The van der Waals surface area contributed by atoms with Crippen molar-refractivity contribution in [2.45, 2.75) is 6.04 Å². The van der Waals surface area contributed by atoms with Crippen LogP contribution in [0.25, 0.3) is 0 Å². The molecule has 2 N–H and O–H groups in total. The van der Waals surface area contributed by atoms with Gasteiger partial charge in [0.2, 0.25) is 5.88 Å². The van der Waals surface area contributed by atoms with Gasteiger partial charge < -0.3 is 10.5 Å². The third-order valence-corrected chi connectivity index (χ3v) is 3.54. The molecule has 0 aromatic carbocycles. The summed E-state index contributed by atoms with van der Waals surface area (Å²) in [6.07, 6.45) is 1.68. The minimum atomic E-state index is -0.249. The van der Waals surface area contributed by atoms with Crippen molar-refractivity contribution >= 4 is 22.9 Å². The van der Waals surface area contributed by atoms with E-state index in [1.54, 1.807) is 13.3 Å². The smallest absolute Gasteiger partial charge is 0.218 e. The number of hydrogen-bond donors (Lipinski definition) is 1. The Labute approximate surface area is 103 Å². The number of rotatable bonds is 3. The Morgan fingerprint density at radius 3 is 2.88 bits per heavy atom. The summed E-state index contributed by atoms with van der Waals surface area (Å²) in [6, 6.07) is 7.26. The first-order valence-corrected chi connectivity index (χ1v) is 5.91. The normalized spacial score (nSPS) is 12.4. The Hall–Kier alpha value is -1.10. The summed E-state index contributed by atoms with van der Waals surface area (Å²) in [5.74, 6) is 0.555. The molecular formula is C11H11ClN2OS. The van der Waals surface area contributed by atoms with E-state index in [2.05, 4.69) is 4.98 Å². The zero-order valence-electron chi connectivity index (χ0n) is 8.68. The Balaban J connectivity index is 2.36. The van der Waals surface area contributed by atoms with Crippen LogP contribution in [-0.4, -0.2) is 12.1 Å². The van der Waals surface area contributed by atoms with E-state index in [0.717, 1.165) is 14.8 Å². The molecule has 3 nitrogen and oxygen atoms in total. The molecule has 0 aliphatic heterocycles. The molecule has 2 heterocycles. The molecule has 0 radical (unpaired) electrons. The lowest BCUT2D eigenvalue weighted by molar-refractivity contribution is 0.391. The molecule has 0 aliphatic carbocycles. The largest absolute Gasteiger partial charge is 0.481 e. The van der Waals surface area contributed by atoms with Gasteiger partial charge in [-0.2, -0.15) is 0 Å². The van der Waals surface area contributed by atoms with E-state index in [4.69, 9.17) is 22.1 Å². The molecule has 0 amide bonds. The molecule has 2 aromatic rings. The molecule has 2 rings (SSSR count). The summed E-state index contributed by atoms with van der Waals surface area (Å²) >= 11 is 7.35. The van der Waals surface area contributed by atoms with Crippen molar-refractivity contribution < 1.29 is 4.74 Å². The van der Waals surface area contributed by atoms with Crippen molar-refractivity contribution in [3.63, 3.8) is 0 Å². The van der Waals surface area contributed by atoms with E-state index in [1.807, 2.05) is 24.3 Å². The van der Waals surface area contributed by atoms with E-state index in [0.29, 0.717) is 5.88 Å². The van der Waals surface area contributed by atoms with Gasteiger partial charge in [0.15, 0.2) is 0 Å². The van der Waals surface area contributed by atoms with Crippen molar-refractivity contribution in [3.8, 4) is 5.88 Å². The third-order valence-electron chi connectivity index (χ3n) is 2.23. The summed E-state index contributed by atoms with van der Waals surface area (Å²) in [4.78, 5) is 5.12. The monoisotopic (exact) mass is 254 g/mol. The average Bonchev–Trinajstić information content (AvgIpc) is 2.75. The molecule has 2 aromatic heterocycles. The molecule has 0 saturated heterocycles. The Morgan fingerprint density at radius 1 is 1.44 bits per heavy atom. The lowest BCUT2D eigenvalue weighted by Gasteiger charge is -2.12. The van der Waals surface area contributed by atoms with Crippen molar-refractivity contribution in [2.24, 2.45) is 5.73 Å². The number of pyridine rings is 1. The van der Waals surface area contributed by atoms with Gasteiger partial charge in [-0.05, 0) is 18.2 Å². The summed E-state index contributed by atoms with van der Waals surface area (Å²) in [5, 5.41) is 0. The van der Waals surface area contributed by atoms with Crippen molar-refractivity contribution in [1.29, 1.82) is 0 Å². The lowest BCUT2D eigenvalue weighted by Crippen LogP contribution is -2.12. The number of thiophene rings is 1. The van der Waals surface area contributed by atoms with E-state index in [-0.39, 0.29) is 6.04 Å². The van der Waals surface area contributed by atoms with Gasteiger partial charge in [-0.15, -0.1) is 11.3 Å². The maximum Gasteiger partial charge on any atom is 0.218 e. The van der Waals surface area contributed by atoms with Crippen molar-refractivity contribution in [1.82, 2.24) is 4.98 Å². The van der Waals surface area contributed by atoms with Gasteiger partial charge in [0.05, 0.1) is 17.5 Å². The molecule has 0 saturated carbocycles. The standard InChI is InChI=1S/C11H11ClN2OS/c1-15-11-7(3-2-6-14-11)10(13)8-4-5-9(12)16-8/h2-6,10H,13H2,1H3. The van der Waals surface area contributed by atoms with Crippen LogP contribution in [-0.2, 0) is 0 Å². The van der Waals surface area contributed by atoms with Crippen molar-refractivity contribution in [3.05, 3.63) is 45.2 Å². The summed E-state index contributed by atoms with van der Waals surface area (Å²) in [6.45, 7) is 0. The van der Waals surface area contributed by atoms with Crippen LogP contribution in [0.1, 0.15) is 16.5 Å². The lowest BCUT2D eigenvalue weighted by atomic mass is 10.1. The van der Waals surface area contributed by atoms with E-state index in [1.165, 1.54) is 11.3 Å². The molecule has 16 heavy (non-hydrogen) atoms. The van der Waals surface area contributed by atoms with Gasteiger partial charge in [0.25, 0.3) is 0 Å². The summed E-state index contributed by atoms with van der Waals surface area (Å²) in [7, 11) is 1.58. The Kier molecular flexibility index (Phi) is 3.43. The van der Waals surface area contributed by atoms with Crippen LogP contribution >= 0.6 is 22.9 Å². The number of halogens is 1. The molecule has 0 fully saturated rings. The van der Waals surface area contributed by atoms with E-state index < -0.39 is 0 Å². The maximum atomic E-state index is 6.14. The second-order valence-corrected chi connectivity index (χ2v) is 4.97. The van der Waals surface area contributed by atoms with E-state index in [9.17, 15) is 0 Å². The SMILES string of the molecule is COc1ncccc1C(N)c1ccc(Cl)s1. The Morgan fingerprint density at radius 2 is 2.25 bits per heavy atom. The summed E-state index contributed by atoms with van der Waals surface area (Å²) in [5.41, 5.74) is 7.00. The number of hydrogen-bond acceptors (Lipinski definition) is 4. The molecule has 84 valence electrons. The molecule has 0 bridgehead atoms. The Bertz CT molecular complexity index is 486. The van der Waals surface area contributed by atoms with Gasteiger partial charge >= 0.3 is 0 Å². The fourth-order valence-corrected chi connectivity index (χ4v) is 2.54. The van der Waals surface area contributed by atoms with Crippen LogP contribution in [0.15, 0.2) is 30.5 Å². The highest BCUT2D eigenvalue weighted by Crippen LogP contribution is 2.32. The quantitative estimate of drug-likeness (QED) is 0.916. The van der Waals surface area contributed by atoms with Gasteiger partial charge in [-0.25, -0.2) is 4.98 Å². The predicted molar refractivity (Wildman–Crippen MR) is 66.1 cm³/mol. The third kappa shape index (κ3) is 2.19. The van der Waals surface area contributed by atoms with Gasteiger partial charge in [0, 0.05) is 16.6 Å². The first-order chi connectivity index (χ1) is 7.72. The minimum Gasteiger partial charge on any atom is -0.481 e. The zero-order valence-corrected chi connectivity index (χ0v) is 10.3. The molecule has 5 heteroatoms. The van der Waals surface area contributed by atoms with E-state index >= 15 is 0 Å². The number of nitrogens with two attached hydrogens (primary N) is 1. The number of methoxy groups -OCH3 is 1. The minimum absolute atomic E-state index is 0.249. The first kappa shape index (κ1) is 11.4. The van der Waals surface area contributed by atoms with Crippen LogP contribution in [0, 0.1) is 0 Å². The van der Waals surface area contributed by atoms with Crippen LogP contribution in [0.3, 0.4) is 0 Å². The van der Waals surface area contributed by atoms with Crippen LogP contribution in [0.4, 0.5) is 0 Å². The summed E-state index contributed by atoms with van der Waals surface area (Å²) < 4.78 is 5.91. The van der Waals surface area contributed by atoms with Gasteiger partial charge in [-0.1, -0.05) is 17.7 Å². The zero-order chi connectivity index (χ0) is 11.5. The van der Waals surface area contributed by atoms with Crippen molar-refractivity contribution in [2.75, 3.05) is 7.11 Å². The molecule has 1 unspecified atom stereocenters. The first-order valence-electron chi connectivity index (χ1n) is 4.72. The fraction of sp³-hybridized carbons (Fsp3) is 0.182. The van der Waals surface area contributed by atoms with Crippen LogP contribution < -0.4 is 10.5 Å². The number of aromatic nitrogens is 1. The number of nitrogens with zero attached hydrogens (tertiary/aromatic N) is 1. The fourth-order valence-electron chi connectivity index (χ4n) is 1.46. The highest BCUT2D eigenvalue weighted by Gasteiger charge is 2.16. The molecule has 0 spiro atoms. The molecular weight excluding hydrogens is 244 g/mol. The van der Waals surface area contributed by atoms with Crippen LogP contribution in [0.2, 0.25) is 4.34 Å². The second kappa shape index (κ2) is 4.82. The topological polar surface area (TPSA) is 48.1 Å². The van der Waals surface area contributed by atoms with Gasteiger partial charge in [-0.3, -0.25) is 0 Å². The highest BCUT2D eigenvalue weighted by atomic mass is 35.5.